The Hall–Kier alpha value is -0.870. The lowest BCUT2D eigenvalue weighted by Gasteiger charge is -2.39. The Kier molecular flexibility index (Phi) is 5.82. The number of hydrogen-bond donors (Lipinski definition) is 1. The Bertz CT molecular complexity index is 491. The molecule has 3 unspecified atom stereocenters. The molecule has 1 saturated heterocycles. The summed E-state index contributed by atoms with van der Waals surface area (Å²) < 4.78 is 1.15. The zero-order valence-electron chi connectivity index (χ0n) is 12.8. The number of likely N-dealkylation sites (tertiary alicyclic amines) is 1. The minimum Gasteiger partial charge on any atom is -0.481 e. The fourth-order valence-corrected chi connectivity index (χ4v) is 3.93. The van der Waals surface area contributed by atoms with Crippen molar-refractivity contribution in [1.29, 1.82) is 0 Å². The maximum Gasteiger partial charge on any atom is 0.303 e. The van der Waals surface area contributed by atoms with Gasteiger partial charge < -0.3 is 5.11 Å². The molecule has 0 spiro atoms. The van der Waals surface area contributed by atoms with Gasteiger partial charge >= 0.3 is 5.97 Å². The number of carbonyl (C=O) groups is 1. The van der Waals surface area contributed by atoms with Gasteiger partial charge in [-0.3, -0.25) is 9.69 Å². The van der Waals surface area contributed by atoms with Crippen molar-refractivity contribution in [2.45, 2.75) is 39.2 Å². The van der Waals surface area contributed by atoms with Crippen molar-refractivity contribution in [2.24, 2.45) is 11.8 Å². The van der Waals surface area contributed by atoms with Crippen molar-refractivity contribution in [2.75, 3.05) is 13.1 Å². The van der Waals surface area contributed by atoms with Gasteiger partial charge in [-0.05, 0) is 49.8 Å². The van der Waals surface area contributed by atoms with Gasteiger partial charge in [0.25, 0.3) is 0 Å². The number of carboxylic acids is 1. The highest BCUT2D eigenvalue weighted by atomic mass is 79.9. The number of halogens is 1. The molecule has 1 aromatic rings. The van der Waals surface area contributed by atoms with E-state index in [2.05, 4.69) is 52.9 Å². The Morgan fingerprint density at radius 3 is 2.81 bits per heavy atom. The number of benzene rings is 1. The maximum absolute atomic E-state index is 10.9. The summed E-state index contributed by atoms with van der Waals surface area (Å²) in [5.74, 6) is 0.0509. The molecule has 116 valence electrons. The van der Waals surface area contributed by atoms with E-state index in [9.17, 15) is 4.79 Å². The predicted molar refractivity (Wildman–Crippen MR) is 88.3 cm³/mol. The van der Waals surface area contributed by atoms with Gasteiger partial charge in [0.15, 0.2) is 0 Å². The molecule has 1 aromatic carbocycles. The zero-order chi connectivity index (χ0) is 15.4. The average Bonchev–Trinajstić information content (AvgIpc) is 2.46. The maximum atomic E-state index is 10.9. The molecule has 4 heteroatoms. The van der Waals surface area contributed by atoms with Crippen molar-refractivity contribution in [3.8, 4) is 0 Å². The molecule has 1 fully saturated rings. The number of rotatable bonds is 5. The number of nitrogens with zero attached hydrogens (tertiary/aromatic N) is 1. The lowest BCUT2D eigenvalue weighted by atomic mass is 9.84. The zero-order valence-corrected chi connectivity index (χ0v) is 14.3. The molecule has 1 aliphatic heterocycles. The van der Waals surface area contributed by atoms with Gasteiger partial charge in [-0.1, -0.05) is 41.1 Å². The summed E-state index contributed by atoms with van der Waals surface area (Å²) in [6.07, 6.45) is 2.58. The van der Waals surface area contributed by atoms with E-state index in [1.54, 1.807) is 0 Å². The normalized spacial score (nSPS) is 22.7. The van der Waals surface area contributed by atoms with Crippen LogP contribution >= 0.6 is 15.9 Å². The van der Waals surface area contributed by atoms with Gasteiger partial charge in [-0.25, -0.2) is 0 Å². The number of aliphatic carboxylic acids is 1. The molecule has 0 bridgehead atoms. The molecule has 0 amide bonds. The van der Waals surface area contributed by atoms with Gasteiger partial charge in [0, 0.05) is 23.5 Å². The average molecular weight is 354 g/mol. The third-order valence-electron chi connectivity index (χ3n) is 4.69. The first-order valence-electron chi connectivity index (χ1n) is 7.69. The molecular formula is C17H24BrNO2. The topological polar surface area (TPSA) is 40.5 Å². The van der Waals surface area contributed by atoms with Crippen LogP contribution in [-0.2, 0) is 4.79 Å². The minimum atomic E-state index is -0.682. The SMILES string of the molecule is CC(CC(=O)O)C1CCCN(C(C)c2ccccc2Br)C1. The second-order valence-corrected chi connectivity index (χ2v) is 7.02. The fraction of sp³-hybridized carbons (Fsp3) is 0.588. The molecule has 1 aliphatic rings. The first kappa shape index (κ1) is 16.5. The van der Waals surface area contributed by atoms with Crippen LogP contribution in [0.1, 0.15) is 44.7 Å². The Morgan fingerprint density at radius 1 is 1.43 bits per heavy atom. The summed E-state index contributed by atoms with van der Waals surface area (Å²) in [4.78, 5) is 13.4. The van der Waals surface area contributed by atoms with Crippen molar-refractivity contribution in [3.63, 3.8) is 0 Å². The van der Waals surface area contributed by atoms with Gasteiger partial charge in [0.1, 0.15) is 0 Å². The van der Waals surface area contributed by atoms with Crippen LogP contribution in [0.25, 0.3) is 0 Å². The second kappa shape index (κ2) is 7.41. The Labute approximate surface area is 135 Å². The van der Waals surface area contributed by atoms with E-state index in [0.29, 0.717) is 12.0 Å². The van der Waals surface area contributed by atoms with Gasteiger partial charge in [-0.15, -0.1) is 0 Å². The molecule has 21 heavy (non-hydrogen) atoms. The van der Waals surface area contributed by atoms with Crippen LogP contribution in [0.3, 0.4) is 0 Å². The quantitative estimate of drug-likeness (QED) is 0.856. The highest BCUT2D eigenvalue weighted by Gasteiger charge is 2.29. The summed E-state index contributed by atoms with van der Waals surface area (Å²) in [5.41, 5.74) is 1.31. The molecule has 0 saturated carbocycles. The Morgan fingerprint density at radius 2 is 2.14 bits per heavy atom. The first-order chi connectivity index (χ1) is 9.99. The van der Waals surface area contributed by atoms with E-state index in [1.165, 1.54) is 5.56 Å². The van der Waals surface area contributed by atoms with E-state index in [0.717, 1.165) is 30.4 Å². The smallest absolute Gasteiger partial charge is 0.303 e. The van der Waals surface area contributed by atoms with Crippen LogP contribution in [0.15, 0.2) is 28.7 Å². The highest BCUT2D eigenvalue weighted by molar-refractivity contribution is 9.10. The van der Waals surface area contributed by atoms with Gasteiger partial charge in [0.2, 0.25) is 0 Å². The molecule has 1 heterocycles. The molecule has 0 aromatic heterocycles. The van der Waals surface area contributed by atoms with Gasteiger partial charge in [0.05, 0.1) is 0 Å². The molecule has 3 atom stereocenters. The summed E-state index contributed by atoms with van der Waals surface area (Å²) in [6.45, 7) is 6.41. The van der Waals surface area contributed by atoms with E-state index < -0.39 is 5.97 Å². The summed E-state index contributed by atoms with van der Waals surface area (Å²) in [6, 6.07) is 8.72. The van der Waals surface area contributed by atoms with Crippen LogP contribution < -0.4 is 0 Å². The van der Waals surface area contributed by atoms with Crippen LogP contribution in [0.4, 0.5) is 0 Å². The molecule has 1 N–H and O–H groups in total. The third kappa shape index (κ3) is 4.30. The van der Waals surface area contributed by atoms with Crippen LogP contribution in [0.2, 0.25) is 0 Å². The third-order valence-corrected chi connectivity index (χ3v) is 5.42. The van der Waals surface area contributed by atoms with E-state index in [1.807, 2.05) is 6.07 Å². The molecule has 3 nitrogen and oxygen atoms in total. The van der Waals surface area contributed by atoms with Crippen molar-refractivity contribution in [3.05, 3.63) is 34.3 Å². The van der Waals surface area contributed by atoms with Crippen molar-refractivity contribution < 1.29 is 9.90 Å². The lowest BCUT2D eigenvalue weighted by molar-refractivity contribution is -0.138. The first-order valence-corrected chi connectivity index (χ1v) is 8.48. The van der Waals surface area contributed by atoms with E-state index >= 15 is 0 Å². The highest BCUT2D eigenvalue weighted by Crippen LogP contribution is 2.33. The molecule has 2 rings (SSSR count). The van der Waals surface area contributed by atoms with Crippen molar-refractivity contribution >= 4 is 21.9 Å². The Balaban J connectivity index is 2.03. The number of carboxylic acid groups (broad SMARTS) is 1. The minimum absolute atomic E-state index is 0.247. The largest absolute Gasteiger partial charge is 0.481 e. The van der Waals surface area contributed by atoms with E-state index in [4.69, 9.17) is 5.11 Å². The van der Waals surface area contributed by atoms with Gasteiger partial charge in [-0.2, -0.15) is 0 Å². The monoisotopic (exact) mass is 353 g/mol. The summed E-state index contributed by atoms with van der Waals surface area (Å²) in [7, 11) is 0. The second-order valence-electron chi connectivity index (χ2n) is 6.17. The fourth-order valence-electron chi connectivity index (χ4n) is 3.31. The molecular weight excluding hydrogens is 330 g/mol. The number of piperidine rings is 1. The molecule has 0 radical (unpaired) electrons. The standard InChI is InChI=1S/C17H24BrNO2/c1-12(10-17(20)21)14-6-5-9-19(11-14)13(2)15-7-3-4-8-16(15)18/h3-4,7-8,12-14H,5-6,9-11H2,1-2H3,(H,20,21). The predicted octanol–water partition coefficient (Wildman–Crippen LogP) is 4.33. The van der Waals surface area contributed by atoms with E-state index in [-0.39, 0.29) is 12.3 Å². The van der Waals surface area contributed by atoms with Crippen LogP contribution in [-0.4, -0.2) is 29.1 Å². The summed E-state index contributed by atoms with van der Waals surface area (Å²) >= 11 is 3.64. The summed E-state index contributed by atoms with van der Waals surface area (Å²) in [5, 5.41) is 8.98. The lowest BCUT2D eigenvalue weighted by Crippen LogP contribution is -2.39. The molecule has 0 aliphatic carbocycles. The number of hydrogen-bond acceptors (Lipinski definition) is 2. The van der Waals surface area contributed by atoms with Crippen LogP contribution in [0, 0.1) is 11.8 Å². The van der Waals surface area contributed by atoms with Crippen molar-refractivity contribution in [1.82, 2.24) is 4.90 Å². The van der Waals surface area contributed by atoms with Crippen LogP contribution in [0.5, 0.6) is 0 Å².